The zero-order valence-corrected chi connectivity index (χ0v) is 48.3. The zero-order valence-electron chi connectivity index (χ0n) is 48.3. The van der Waals surface area contributed by atoms with Gasteiger partial charge in [0.2, 0.25) is 0 Å². The van der Waals surface area contributed by atoms with Crippen molar-refractivity contribution in [2.24, 2.45) is 0 Å². The molecule has 0 aliphatic carbocycles. The van der Waals surface area contributed by atoms with E-state index in [0.29, 0.717) is 19.3 Å². The maximum Gasteiger partial charge on any atom is 0.306 e. The van der Waals surface area contributed by atoms with Crippen molar-refractivity contribution in [3.8, 4) is 0 Å². The van der Waals surface area contributed by atoms with E-state index in [1.54, 1.807) is 0 Å². The van der Waals surface area contributed by atoms with Crippen molar-refractivity contribution in [1.29, 1.82) is 0 Å². The lowest BCUT2D eigenvalue weighted by Gasteiger charge is -2.18. The molecule has 0 radical (unpaired) electrons. The van der Waals surface area contributed by atoms with Gasteiger partial charge in [-0.1, -0.05) is 271 Å². The van der Waals surface area contributed by atoms with E-state index in [9.17, 15) is 14.4 Å². The lowest BCUT2D eigenvalue weighted by atomic mass is 10.0. The Bertz CT molecular complexity index is 1510. The summed E-state index contributed by atoms with van der Waals surface area (Å²) < 4.78 is 16.7. The van der Waals surface area contributed by atoms with Crippen LogP contribution in [0.25, 0.3) is 0 Å². The number of hydrogen-bond acceptors (Lipinski definition) is 6. The molecule has 0 aromatic rings. The van der Waals surface area contributed by atoms with Gasteiger partial charge in [0.05, 0.1) is 0 Å². The predicted octanol–water partition coefficient (Wildman–Crippen LogP) is 21.0. The molecule has 0 aromatic heterocycles. The van der Waals surface area contributed by atoms with Crippen LogP contribution in [0, 0.1) is 0 Å². The molecule has 74 heavy (non-hydrogen) atoms. The lowest BCUT2D eigenvalue weighted by Crippen LogP contribution is -2.30. The minimum atomic E-state index is -0.795. The lowest BCUT2D eigenvalue weighted by molar-refractivity contribution is -0.167. The van der Waals surface area contributed by atoms with Gasteiger partial charge in [-0.25, -0.2) is 0 Å². The van der Waals surface area contributed by atoms with Gasteiger partial charge in [0.1, 0.15) is 13.2 Å². The Hall–Kier alpha value is -3.93. The van der Waals surface area contributed by atoms with E-state index >= 15 is 0 Å². The molecule has 1 unspecified atom stereocenters. The Balaban J connectivity index is 3.98. The number of carbonyl (C=O) groups excluding carboxylic acids is 3. The Morgan fingerprint density at radius 1 is 0.284 bits per heavy atom. The summed E-state index contributed by atoms with van der Waals surface area (Å²) in [5.74, 6) is -0.940. The molecule has 1 atom stereocenters. The van der Waals surface area contributed by atoms with Crippen molar-refractivity contribution in [3.63, 3.8) is 0 Å². The summed E-state index contributed by atoms with van der Waals surface area (Å²) in [6.45, 7) is 6.32. The van der Waals surface area contributed by atoms with Gasteiger partial charge >= 0.3 is 17.9 Å². The average Bonchev–Trinajstić information content (AvgIpc) is 3.40. The summed E-state index contributed by atoms with van der Waals surface area (Å²) in [5.41, 5.74) is 0. The van der Waals surface area contributed by atoms with E-state index < -0.39 is 6.10 Å². The standard InChI is InChI=1S/C68H114O6/c1-4-7-10-13-16-18-20-22-24-25-26-27-28-29-30-31-32-33-34-35-36-37-38-39-40-41-42-43-45-46-48-50-52-55-58-61-67(70)73-64-65(63-72-66(69)60-57-54-15-12-9-6-3)74-68(71)62-59-56-53-51-49-47-44-23-21-19-17-14-11-8-5-2/h7-8,10-11,16-19,22-24,26-27,29-30,44,49,51,65H,4-6,9,12-15,20-21,25,28,31-43,45-48,50,52-64H2,1-3H3/b10-7-,11-8-,18-16-,19-17-,24-22-,27-26-,30-29-,44-23-,51-49-. The molecule has 0 fully saturated rings. The molecule has 0 saturated carbocycles. The monoisotopic (exact) mass is 1030 g/mol. The van der Waals surface area contributed by atoms with Crippen LogP contribution in [0.2, 0.25) is 0 Å². The molecule has 0 bridgehead atoms. The largest absolute Gasteiger partial charge is 0.462 e. The zero-order chi connectivity index (χ0) is 53.6. The van der Waals surface area contributed by atoms with Gasteiger partial charge in [-0.15, -0.1) is 0 Å². The number of allylic oxidation sites excluding steroid dienone is 18. The fraction of sp³-hybridized carbons (Fsp3) is 0.691. The second-order valence-corrected chi connectivity index (χ2v) is 20.2. The Labute approximate surface area is 457 Å². The number of carbonyl (C=O) groups is 3. The van der Waals surface area contributed by atoms with Crippen molar-refractivity contribution >= 4 is 17.9 Å². The van der Waals surface area contributed by atoms with E-state index in [1.807, 2.05) is 0 Å². The van der Waals surface area contributed by atoms with Crippen LogP contribution in [0.15, 0.2) is 109 Å². The van der Waals surface area contributed by atoms with Crippen molar-refractivity contribution in [3.05, 3.63) is 109 Å². The van der Waals surface area contributed by atoms with Crippen LogP contribution in [0.1, 0.15) is 284 Å². The minimum Gasteiger partial charge on any atom is -0.462 e. The predicted molar refractivity (Wildman–Crippen MR) is 320 cm³/mol. The third kappa shape index (κ3) is 59.0. The number of rotatable bonds is 55. The van der Waals surface area contributed by atoms with Crippen LogP contribution in [0.3, 0.4) is 0 Å². The molecule has 0 N–H and O–H groups in total. The topological polar surface area (TPSA) is 78.9 Å². The number of esters is 3. The summed E-state index contributed by atoms with van der Waals surface area (Å²) in [5, 5.41) is 0. The first-order chi connectivity index (χ1) is 36.5. The highest BCUT2D eigenvalue weighted by molar-refractivity contribution is 5.71. The van der Waals surface area contributed by atoms with Crippen LogP contribution in [-0.2, 0) is 28.6 Å². The average molecular weight is 1030 g/mol. The molecular formula is C68H114O6. The first-order valence-corrected chi connectivity index (χ1v) is 30.9. The molecule has 6 heteroatoms. The SMILES string of the molecule is CC/C=C\C/C=C\C/C=C\C/C=C\C/C=C\CCCCCCCCCCCCCCCCCCCCCC(=O)OCC(COC(=O)CCCCCCCC)OC(=O)CCCC/C=C\C/C=C\C/C=C\C/C=C\CC. The Morgan fingerprint density at radius 3 is 0.851 bits per heavy atom. The molecule has 0 rings (SSSR count). The highest BCUT2D eigenvalue weighted by Crippen LogP contribution is 2.16. The van der Waals surface area contributed by atoms with E-state index in [1.165, 1.54) is 128 Å². The van der Waals surface area contributed by atoms with E-state index in [-0.39, 0.29) is 37.5 Å². The first-order valence-electron chi connectivity index (χ1n) is 30.9. The fourth-order valence-electron chi connectivity index (χ4n) is 8.46. The number of ether oxygens (including phenoxy) is 3. The van der Waals surface area contributed by atoms with Crippen LogP contribution in [-0.4, -0.2) is 37.2 Å². The van der Waals surface area contributed by atoms with Crippen molar-refractivity contribution < 1.29 is 28.6 Å². The summed E-state index contributed by atoms with van der Waals surface area (Å²) in [7, 11) is 0. The molecule has 0 aliphatic rings. The van der Waals surface area contributed by atoms with E-state index in [4.69, 9.17) is 14.2 Å². The summed E-state index contributed by atoms with van der Waals surface area (Å²) in [6, 6.07) is 0. The number of hydrogen-bond donors (Lipinski definition) is 0. The Morgan fingerprint density at radius 2 is 0.527 bits per heavy atom. The van der Waals surface area contributed by atoms with Crippen molar-refractivity contribution in [2.75, 3.05) is 13.2 Å². The quantitative estimate of drug-likeness (QED) is 0.0261. The third-order valence-corrected chi connectivity index (χ3v) is 13.0. The number of unbranched alkanes of at least 4 members (excludes halogenated alkanes) is 26. The van der Waals surface area contributed by atoms with Gasteiger partial charge in [0.15, 0.2) is 6.10 Å². The first kappa shape index (κ1) is 70.1. The van der Waals surface area contributed by atoms with Crippen LogP contribution in [0.5, 0.6) is 0 Å². The van der Waals surface area contributed by atoms with Gasteiger partial charge in [-0.3, -0.25) is 14.4 Å². The normalized spacial score (nSPS) is 12.9. The summed E-state index contributed by atoms with van der Waals surface area (Å²) in [4.78, 5) is 37.9. The molecular weight excluding hydrogens is 913 g/mol. The van der Waals surface area contributed by atoms with Gasteiger partial charge in [-0.05, 0) is 103 Å². The van der Waals surface area contributed by atoms with Gasteiger partial charge in [0, 0.05) is 19.3 Å². The maximum atomic E-state index is 12.8. The molecule has 0 saturated heterocycles. The van der Waals surface area contributed by atoms with E-state index in [2.05, 4.69) is 130 Å². The van der Waals surface area contributed by atoms with Crippen LogP contribution in [0.4, 0.5) is 0 Å². The summed E-state index contributed by atoms with van der Waals surface area (Å²) in [6.07, 6.45) is 84.4. The third-order valence-electron chi connectivity index (χ3n) is 13.0. The van der Waals surface area contributed by atoms with Gasteiger partial charge in [-0.2, -0.15) is 0 Å². The second kappa shape index (κ2) is 61.6. The van der Waals surface area contributed by atoms with Gasteiger partial charge in [0.25, 0.3) is 0 Å². The van der Waals surface area contributed by atoms with E-state index in [0.717, 1.165) is 109 Å². The van der Waals surface area contributed by atoms with Crippen molar-refractivity contribution in [1.82, 2.24) is 0 Å². The maximum absolute atomic E-state index is 12.8. The molecule has 0 aromatic carbocycles. The molecule has 0 aliphatic heterocycles. The molecule has 0 amide bonds. The molecule has 422 valence electrons. The van der Waals surface area contributed by atoms with Gasteiger partial charge < -0.3 is 14.2 Å². The molecule has 0 heterocycles. The second-order valence-electron chi connectivity index (χ2n) is 20.2. The van der Waals surface area contributed by atoms with Crippen LogP contribution >= 0.6 is 0 Å². The minimum absolute atomic E-state index is 0.0921. The fourth-order valence-corrected chi connectivity index (χ4v) is 8.46. The smallest absolute Gasteiger partial charge is 0.306 e. The Kier molecular flexibility index (Phi) is 58.3. The highest BCUT2D eigenvalue weighted by atomic mass is 16.6. The van der Waals surface area contributed by atoms with Crippen molar-refractivity contribution in [2.45, 2.75) is 290 Å². The summed E-state index contributed by atoms with van der Waals surface area (Å²) >= 11 is 0. The molecule has 0 spiro atoms. The van der Waals surface area contributed by atoms with Crippen LogP contribution < -0.4 is 0 Å². The highest BCUT2D eigenvalue weighted by Gasteiger charge is 2.19. The molecule has 6 nitrogen and oxygen atoms in total.